The smallest absolute Gasteiger partial charge is 0.469 e. The van der Waals surface area contributed by atoms with Gasteiger partial charge in [-0.05, 0) is 35.6 Å². The summed E-state index contributed by atoms with van der Waals surface area (Å²) in [4.78, 5) is 14.8. The van der Waals surface area contributed by atoms with Crippen LogP contribution in [-0.4, -0.2) is 24.4 Å². The van der Waals surface area contributed by atoms with Gasteiger partial charge in [-0.15, -0.1) is 13.2 Å². The van der Waals surface area contributed by atoms with Crippen LogP contribution < -0.4 is 4.74 Å². The highest BCUT2D eigenvalue weighted by Crippen LogP contribution is 2.28. The molecule has 0 saturated carbocycles. The first-order valence-electron chi connectivity index (χ1n) is 4.71. The summed E-state index contributed by atoms with van der Waals surface area (Å²) in [6.07, 6.45) is -5.18. The second kappa shape index (κ2) is 5.72. The van der Waals surface area contributed by atoms with E-state index in [2.05, 4.69) is 14.5 Å². The second-order valence-electron chi connectivity index (χ2n) is 3.33. The van der Waals surface area contributed by atoms with Crippen molar-refractivity contribution in [1.82, 2.24) is 4.98 Å². The van der Waals surface area contributed by atoms with E-state index in [1.165, 1.54) is 6.92 Å². The highest BCUT2D eigenvalue weighted by molar-refractivity contribution is 14.1. The van der Waals surface area contributed by atoms with E-state index in [1.807, 2.05) is 22.6 Å². The lowest BCUT2D eigenvalue weighted by atomic mass is 10.2. The minimum absolute atomic E-state index is 0.0605. The number of ether oxygens (including phenoxy) is 2. The molecular formula is C10H9F3INO3. The normalized spacial score (nSPS) is 11.2. The van der Waals surface area contributed by atoms with Gasteiger partial charge in [-0.2, -0.15) is 0 Å². The van der Waals surface area contributed by atoms with Gasteiger partial charge in [-0.1, -0.05) is 0 Å². The first-order chi connectivity index (χ1) is 8.23. The number of carbonyl (C=O) groups is 1. The molecule has 1 aromatic heterocycles. The fourth-order valence-corrected chi connectivity index (χ4v) is 2.08. The van der Waals surface area contributed by atoms with E-state index >= 15 is 0 Å². The lowest BCUT2D eigenvalue weighted by molar-refractivity contribution is -0.276. The fraction of sp³-hybridized carbons (Fsp3) is 0.400. The molecule has 0 aliphatic heterocycles. The Balaban J connectivity index is 3.16. The summed E-state index contributed by atoms with van der Waals surface area (Å²) in [5.74, 6) is -1.28. The summed E-state index contributed by atoms with van der Waals surface area (Å²) < 4.78 is 45.4. The monoisotopic (exact) mass is 375 g/mol. The first-order valence-corrected chi connectivity index (χ1v) is 5.79. The van der Waals surface area contributed by atoms with Crippen LogP contribution >= 0.6 is 22.6 Å². The molecule has 0 bridgehead atoms. The van der Waals surface area contributed by atoms with Crippen molar-refractivity contribution in [3.8, 4) is 5.88 Å². The summed E-state index contributed by atoms with van der Waals surface area (Å²) in [5.41, 5.74) is 0.428. The van der Waals surface area contributed by atoms with E-state index in [0.29, 0.717) is 9.26 Å². The van der Waals surface area contributed by atoms with Gasteiger partial charge in [0.15, 0.2) is 0 Å². The van der Waals surface area contributed by atoms with E-state index in [0.717, 1.165) is 7.11 Å². The van der Waals surface area contributed by atoms with Gasteiger partial charge in [-0.3, -0.25) is 4.79 Å². The van der Waals surface area contributed by atoms with Crippen LogP contribution in [-0.2, 0) is 16.0 Å². The van der Waals surface area contributed by atoms with Crippen LogP contribution in [0.4, 0.5) is 13.2 Å². The minimum Gasteiger partial charge on any atom is -0.469 e. The number of rotatable bonds is 3. The van der Waals surface area contributed by atoms with Crippen molar-refractivity contribution in [2.45, 2.75) is 19.7 Å². The molecule has 0 spiro atoms. The Morgan fingerprint density at radius 2 is 2.11 bits per heavy atom. The quantitative estimate of drug-likeness (QED) is 0.602. The molecule has 0 aromatic carbocycles. The molecule has 0 saturated heterocycles. The summed E-state index contributed by atoms with van der Waals surface area (Å²) in [5, 5.41) is 0. The number of pyridine rings is 1. The Kier molecular flexibility index (Phi) is 4.77. The number of carbonyl (C=O) groups excluding carboxylic acids is 1. The van der Waals surface area contributed by atoms with Crippen molar-refractivity contribution < 1.29 is 27.4 Å². The van der Waals surface area contributed by atoms with Crippen LogP contribution in [0, 0.1) is 10.5 Å². The number of aromatic nitrogens is 1. The molecule has 1 heterocycles. The van der Waals surface area contributed by atoms with E-state index in [-0.39, 0.29) is 12.0 Å². The third kappa shape index (κ3) is 4.31. The Bertz CT molecular complexity index is 462. The van der Waals surface area contributed by atoms with Gasteiger partial charge in [0, 0.05) is 14.8 Å². The Morgan fingerprint density at radius 3 is 2.61 bits per heavy atom. The number of aryl methyl sites for hydroxylation is 1. The molecule has 0 radical (unpaired) electrons. The maximum absolute atomic E-state index is 12.2. The predicted molar refractivity (Wildman–Crippen MR) is 64.1 cm³/mol. The number of hydrogen-bond acceptors (Lipinski definition) is 4. The largest absolute Gasteiger partial charge is 0.574 e. The van der Waals surface area contributed by atoms with Crippen molar-refractivity contribution in [2.24, 2.45) is 0 Å². The van der Waals surface area contributed by atoms with Crippen LogP contribution in [0.15, 0.2) is 6.07 Å². The zero-order chi connectivity index (χ0) is 13.9. The lowest BCUT2D eigenvalue weighted by Crippen LogP contribution is -2.20. The molecule has 0 fully saturated rings. The van der Waals surface area contributed by atoms with Crippen molar-refractivity contribution in [1.29, 1.82) is 0 Å². The maximum atomic E-state index is 12.2. The topological polar surface area (TPSA) is 48.4 Å². The molecule has 4 nitrogen and oxygen atoms in total. The van der Waals surface area contributed by atoms with Crippen LogP contribution in [0.3, 0.4) is 0 Å². The number of hydrogen-bond donors (Lipinski definition) is 0. The van der Waals surface area contributed by atoms with Crippen LogP contribution in [0.5, 0.6) is 5.88 Å². The van der Waals surface area contributed by atoms with Crippen LogP contribution in [0.2, 0.25) is 0 Å². The zero-order valence-electron chi connectivity index (χ0n) is 9.47. The molecule has 0 unspecified atom stereocenters. The summed E-state index contributed by atoms with van der Waals surface area (Å²) in [6, 6.07) is 1.56. The standard InChI is InChI=1S/C10H9F3INO3/c1-5-3-7(14)6(4-8(16)17-2)9(15-5)18-10(11,12)13/h3H,4H2,1-2H3. The van der Waals surface area contributed by atoms with E-state index < -0.39 is 18.2 Å². The average Bonchev–Trinajstić information content (AvgIpc) is 2.20. The summed E-state index contributed by atoms with van der Waals surface area (Å²) in [6.45, 7) is 1.54. The van der Waals surface area contributed by atoms with Crippen LogP contribution in [0.25, 0.3) is 0 Å². The fourth-order valence-electron chi connectivity index (χ4n) is 1.20. The van der Waals surface area contributed by atoms with Gasteiger partial charge >= 0.3 is 12.3 Å². The first kappa shape index (κ1) is 15.0. The third-order valence-corrected chi connectivity index (χ3v) is 2.88. The molecule has 0 atom stereocenters. The molecule has 0 N–H and O–H groups in total. The minimum atomic E-state index is -4.85. The van der Waals surface area contributed by atoms with Gasteiger partial charge in [0.1, 0.15) is 0 Å². The number of esters is 1. The highest BCUT2D eigenvalue weighted by Gasteiger charge is 2.33. The lowest BCUT2D eigenvalue weighted by Gasteiger charge is -2.13. The van der Waals surface area contributed by atoms with Gasteiger partial charge in [0.25, 0.3) is 0 Å². The molecule has 1 rings (SSSR count). The Morgan fingerprint density at radius 1 is 1.50 bits per heavy atom. The Hall–Kier alpha value is -1.06. The van der Waals surface area contributed by atoms with Gasteiger partial charge in [-0.25, -0.2) is 4.98 Å². The van der Waals surface area contributed by atoms with E-state index in [4.69, 9.17) is 0 Å². The van der Waals surface area contributed by atoms with Gasteiger partial charge in [0.2, 0.25) is 5.88 Å². The van der Waals surface area contributed by atoms with Gasteiger partial charge in [0.05, 0.1) is 13.5 Å². The van der Waals surface area contributed by atoms with Crippen molar-refractivity contribution in [2.75, 3.05) is 7.11 Å². The summed E-state index contributed by atoms with van der Waals surface area (Å²) in [7, 11) is 1.15. The third-order valence-electron chi connectivity index (χ3n) is 1.92. The van der Waals surface area contributed by atoms with Crippen molar-refractivity contribution >= 4 is 28.6 Å². The molecule has 1 aromatic rings. The predicted octanol–water partition coefficient (Wildman–Crippen LogP) is 2.61. The molecule has 0 aliphatic carbocycles. The molecular weight excluding hydrogens is 366 g/mol. The zero-order valence-corrected chi connectivity index (χ0v) is 11.6. The highest BCUT2D eigenvalue weighted by atomic mass is 127. The number of halogens is 4. The molecule has 0 amide bonds. The average molecular weight is 375 g/mol. The van der Waals surface area contributed by atoms with Gasteiger partial charge < -0.3 is 9.47 Å². The van der Waals surface area contributed by atoms with E-state index in [9.17, 15) is 18.0 Å². The molecule has 100 valence electrons. The van der Waals surface area contributed by atoms with Crippen LogP contribution in [0.1, 0.15) is 11.3 Å². The number of alkyl halides is 3. The Labute approximate surface area is 115 Å². The molecule has 0 aliphatic rings. The van der Waals surface area contributed by atoms with Crippen molar-refractivity contribution in [3.05, 3.63) is 20.9 Å². The SMILES string of the molecule is COC(=O)Cc1c(I)cc(C)nc1OC(F)(F)F. The van der Waals surface area contributed by atoms with Crippen molar-refractivity contribution in [3.63, 3.8) is 0 Å². The summed E-state index contributed by atoms with van der Waals surface area (Å²) >= 11 is 1.82. The maximum Gasteiger partial charge on any atom is 0.574 e. The second-order valence-corrected chi connectivity index (χ2v) is 4.49. The molecule has 18 heavy (non-hydrogen) atoms. The number of methoxy groups -OCH3 is 1. The number of nitrogens with zero attached hydrogens (tertiary/aromatic N) is 1. The molecule has 8 heteroatoms. The van der Waals surface area contributed by atoms with E-state index in [1.54, 1.807) is 6.07 Å².